The molecule has 0 atom stereocenters. The first-order valence-electron chi connectivity index (χ1n) is 7.87. The molecule has 6 heteroatoms. The molecule has 25 heavy (non-hydrogen) atoms. The Morgan fingerprint density at radius 2 is 1.84 bits per heavy atom. The third-order valence-electron chi connectivity index (χ3n) is 3.47. The van der Waals surface area contributed by atoms with Crippen LogP contribution >= 0.6 is 15.9 Å². The van der Waals surface area contributed by atoms with Crippen LogP contribution in [0.15, 0.2) is 65.1 Å². The van der Waals surface area contributed by atoms with Crippen molar-refractivity contribution in [3.8, 4) is 11.4 Å². The Morgan fingerprint density at radius 1 is 1.12 bits per heavy atom. The van der Waals surface area contributed by atoms with Crippen molar-refractivity contribution in [2.24, 2.45) is 0 Å². The van der Waals surface area contributed by atoms with Crippen molar-refractivity contribution in [2.45, 2.75) is 13.5 Å². The van der Waals surface area contributed by atoms with E-state index >= 15 is 0 Å². The zero-order chi connectivity index (χ0) is 17.6. The third-order valence-corrected chi connectivity index (χ3v) is 4.00. The van der Waals surface area contributed by atoms with E-state index in [1.165, 1.54) is 0 Å². The number of para-hydroxylation sites is 1. The van der Waals surface area contributed by atoms with Gasteiger partial charge in [-0.25, -0.2) is 9.48 Å². The summed E-state index contributed by atoms with van der Waals surface area (Å²) >= 11 is 3.40. The highest BCUT2D eigenvalue weighted by molar-refractivity contribution is 9.10. The van der Waals surface area contributed by atoms with Gasteiger partial charge in [0.25, 0.3) is 0 Å². The lowest BCUT2D eigenvalue weighted by atomic mass is 10.3. The Hall–Kier alpha value is -2.60. The maximum Gasteiger partial charge on any atom is 0.358 e. The molecular formula is C19H17BrN2O3. The van der Waals surface area contributed by atoms with Gasteiger partial charge in [-0.15, -0.1) is 0 Å². The number of benzene rings is 2. The molecule has 1 heterocycles. The monoisotopic (exact) mass is 400 g/mol. The number of nitrogens with zero attached hydrogens (tertiary/aromatic N) is 2. The smallest absolute Gasteiger partial charge is 0.358 e. The van der Waals surface area contributed by atoms with Crippen molar-refractivity contribution in [1.82, 2.24) is 9.78 Å². The van der Waals surface area contributed by atoms with Gasteiger partial charge in [0.05, 0.1) is 18.0 Å². The summed E-state index contributed by atoms with van der Waals surface area (Å²) in [5.41, 5.74) is 1.88. The molecule has 0 amide bonds. The lowest BCUT2D eigenvalue weighted by molar-refractivity contribution is 0.0519. The van der Waals surface area contributed by atoms with E-state index in [0.29, 0.717) is 6.61 Å². The van der Waals surface area contributed by atoms with Crippen LogP contribution in [0.1, 0.15) is 23.1 Å². The molecule has 0 N–H and O–H groups in total. The fraction of sp³-hybridized carbons (Fsp3) is 0.158. The second kappa shape index (κ2) is 7.98. The Kier molecular flexibility index (Phi) is 5.50. The van der Waals surface area contributed by atoms with Crippen LogP contribution in [0.4, 0.5) is 0 Å². The molecule has 1 aromatic heterocycles. The lowest BCUT2D eigenvalue weighted by Gasteiger charge is -2.09. The normalized spacial score (nSPS) is 10.5. The molecular weight excluding hydrogens is 384 g/mol. The zero-order valence-electron chi connectivity index (χ0n) is 13.7. The first-order chi connectivity index (χ1) is 12.2. The van der Waals surface area contributed by atoms with Gasteiger partial charge >= 0.3 is 5.97 Å². The topological polar surface area (TPSA) is 53.4 Å². The van der Waals surface area contributed by atoms with Gasteiger partial charge in [-0.1, -0.05) is 34.1 Å². The van der Waals surface area contributed by atoms with E-state index < -0.39 is 5.97 Å². The Morgan fingerprint density at radius 3 is 2.52 bits per heavy atom. The molecule has 0 unspecified atom stereocenters. The van der Waals surface area contributed by atoms with Crippen LogP contribution < -0.4 is 4.74 Å². The molecule has 0 aliphatic carbocycles. The van der Waals surface area contributed by atoms with Gasteiger partial charge in [0, 0.05) is 4.47 Å². The molecule has 0 aliphatic heterocycles. The second-order valence-corrected chi connectivity index (χ2v) is 6.15. The highest BCUT2D eigenvalue weighted by Gasteiger charge is 2.16. The molecule has 0 fully saturated rings. The second-order valence-electron chi connectivity index (χ2n) is 5.23. The van der Waals surface area contributed by atoms with E-state index in [2.05, 4.69) is 21.0 Å². The highest BCUT2D eigenvalue weighted by atomic mass is 79.9. The summed E-state index contributed by atoms with van der Waals surface area (Å²) in [5, 5.41) is 4.38. The first-order valence-corrected chi connectivity index (χ1v) is 8.66. The summed E-state index contributed by atoms with van der Waals surface area (Å²) in [7, 11) is 0. The Bertz CT molecular complexity index is 845. The van der Waals surface area contributed by atoms with Gasteiger partial charge in [-0.2, -0.15) is 5.10 Å². The summed E-state index contributed by atoms with van der Waals surface area (Å²) in [6, 6.07) is 18.9. The van der Waals surface area contributed by atoms with Crippen molar-refractivity contribution in [3.63, 3.8) is 0 Å². The standard InChI is InChI=1S/C19H17BrN2O3/c1-2-24-19(23)18-12-16(13-25-17-10-8-14(20)9-11-17)22(21-18)15-6-4-3-5-7-15/h3-12H,2,13H2,1H3. The predicted octanol–water partition coefficient (Wildman–Crippen LogP) is 4.39. The van der Waals surface area contributed by atoms with E-state index in [1.807, 2.05) is 54.6 Å². The molecule has 0 saturated carbocycles. The summed E-state index contributed by atoms with van der Waals surface area (Å²) in [6.07, 6.45) is 0. The number of aromatic nitrogens is 2. The Labute approximate surface area is 154 Å². The minimum atomic E-state index is -0.443. The maximum atomic E-state index is 12.0. The number of halogens is 1. The summed E-state index contributed by atoms with van der Waals surface area (Å²) < 4.78 is 13.6. The minimum absolute atomic E-state index is 0.264. The molecule has 128 valence electrons. The van der Waals surface area contributed by atoms with Crippen LogP contribution in [0, 0.1) is 0 Å². The van der Waals surface area contributed by atoms with Gasteiger partial charge in [0.2, 0.25) is 0 Å². The van der Waals surface area contributed by atoms with Crippen molar-refractivity contribution in [1.29, 1.82) is 0 Å². The van der Waals surface area contributed by atoms with Gasteiger partial charge in [-0.3, -0.25) is 0 Å². The molecule has 0 spiro atoms. The molecule has 0 aliphatic rings. The number of hydrogen-bond acceptors (Lipinski definition) is 4. The molecule has 0 saturated heterocycles. The number of carbonyl (C=O) groups is 1. The van der Waals surface area contributed by atoms with Crippen LogP contribution in [0.25, 0.3) is 5.69 Å². The van der Waals surface area contributed by atoms with Crippen molar-refractivity contribution >= 4 is 21.9 Å². The fourth-order valence-corrected chi connectivity index (χ4v) is 2.57. The maximum absolute atomic E-state index is 12.0. The predicted molar refractivity (Wildman–Crippen MR) is 98.0 cm³/mol. The van der Waals surface area contributed by atoms with Crippen LogP contribution in [0.3, 0.4) is 0 Å². The minimum Gasteiger partial charge on any atom is -0.487 e. The van der Waals surface area contributed by atoms with Crippen molar-refractivity contribution < 1.29 is 14.3 Å². The summed E-state index contributed by atoms with van der Waals surface area (Å²) in [5.74, 6) is 0.295. The largest absolute Gasteiger partial charge is 0.487 e. The molecule has 0 bridgehead atoms. The van der Waals surface area contributed by atoms with E-state index in [4.69, 9.17) is 9.47 Å². The number of hydrogen-bond donors (Lipinski definition) is 0. The van der Waals surface area contributed by atoms with Gasteiger partial charge in [0.15, 0.2) is 5.69 Å². The average molecular weight is 401 g/mol. The van der Waals surface area contributed by atoms with Crippen molar-refractivity contribution in [2.75, 3.05) is 6.61 Å². The third kappa shape index (κ3) is 4.28. The lowest BCUT2D eigenvalue weighted by Crippen LogP contribution is -2.07. The number of esters is 1. The first kappa shape index (κ1) is 17.2. The van der Waals surface area contributed by atoms with Crippen LogP contribution in [0.2, 0.25) is 0 Å². The molecule has 2 aromatic carbocycles. The fourth-order valence-electron chi connectivity index (χ4n) is 2.31. The number of carbonyl (C=O) groups excluding carboxylic acids is 1. The zero-order valence-corrected chi connectivity index (χ0v) is 15.3. The van der Waals surface area contributed by atoms with Gasteiger partial charge < -0.3 is 9.47 Å². The van der Waals surface area contributed by atoms with Gasteiger partial charge in [-0.05, 0) is 49.4 Å². The highest BCUT2D eigenvalue weighted by Crippen LogP contribution is 2.19. The van der Waals surface area contributed by atoms with E-state index in [1.54, 1.807) is 17.7 Å². The van der Waals surface area contributed by atoms with Crippen molar-refractivity contribution in [3.05, 3.63) is 76.5 Å². The van der Waals surface area contributed by atoms with Gasteiger partial charge in [0.1, 0.15) is 12.4 Å². The average Bonchev–Trinajstić information content (AvgIpc) is 3.07. The van der Waals surface area contributed by atoms with Crippen LogP contribution in [0.5, 0.6) is 5.75 Å². The molecule has 0 radical (unpaired) electrons. The molecule has 3 aromatic rings. The van der Waals surface area contributed by atoms with E-state index in [0.717, 1.165) is 21.6 Å². The molecule has 3 rings (SSSR count). The summed E-state index contributed by atoms with van der Waals surface area (Å²) in [6.45, 7) is 2.36. The van der Waals surface area contributed by atoms with E-state index in [-0.39, 0.29) is 12.3 Å². The van der Waals surface area contributed by atoms with E-state index in [9.17, 15) is 4.79 Å². The number of rotatable bonds is 6. The quantitative estimate of drug-likeness (QED) is 0.575. The van der Waals surface area contributed by atoms with Crippen LogP contribution in [-0.2, 0) is 11.3 Å². The number of ether oxygens (including phenoxy) is 2. The Balaban J connectivity index is 1.87. The SMILES string of the molecule is CCOC(=O)c1cc(COc2ccc(Br)cc2)n(-c2ccccc2)n1. The molecule has 5 nitrogen and oxygen atoms in total. The van der Waals surface area contributed by atoms with Crippen LogP contribution in [-0.4, -0.2) is 22.4 Å². The summed E-state index contributed by atoms with van der Waals surface area (Å²) in [4.78, 5) is 12.0.